The van der Waals surface area contributed by atoms with E-state index in [1.54, 1.807) is 12.1 Å². The quantitative estimate of drug-likeness (QED) is 0.781. The molecule has 0 aliphatic carbocycles. The Balaban J connectivity index is 1.93. The van der Waals surface area contributed by atoms with Gasteiger partial charge in [0.05, 0.1) is 13.2 Å². The molecule has 92 valence electrons. The van der Waals surface area contributed by atoms with Gasteiger partial charge in [0, 0.05) is 25.2 Å². The minimum Gasteiger partial charge on any atom is -0.379 e. The number of nitrogens with one attached hydrogen (secondary N) is 1. The number of rotatable bonds is 3. The van der Waals surface area contributed by atoms with E-state index in [0.717, 1.165) is 18.7 Å². The molecule has 0 radical (unpaired) electrons. The number of nitrogens with two attached hydrogens (primary N) is 1. The van der Waals surface area contributed by atoms with Gasteiger partial charge in [0.25, 0.3) is 5.91 Å². The molecule has 1 fully saturated rings. The van der Waals surface area contributed by atoms with Crippen LogP contribution >= 0.6 is 0 Å². The Hall–Kier alpha value is -1.43. The molecule has 1 heterocycles. The van der Waals surface area contributed by atoms with Gasteiger partial charge in [-0.2, -0.15) is 0 Å². The van der Waals surface area contributed by atoms with Crippen molar-refractivity contribution in [3.8, 4) is 0 Å². The van der Waals surface area contributed by atoms with Gasteiger partial charge in [-0.15, -0.1) is 0 Å². The number of hydrazine groups is 1. The molecule has 1 aliphatic heterocycles. The van der Waals surface area contributed by atoms with Crippen LogP contribution < -0.4 is 11.2 Å². The van der Waals surface area contributed by atoms with Crippen molar-refractivity contribution in [3.63, 3.8) is 0 Å². The summed E-state index contributed by atoms with van der Waals surface area (Å²) in [5.41, 5.74) is 10.0. The third kappa shape index (κ3) is 3.26. The van der Waals surface area contributed by atoms with Gasteiger partial charge in [-0.25, -0.2) is 5.01 Å². The van der Waals surface area contributed by atoms with E-state index in [0.29, 0.717) is 25.3 Å². The molecule has 0 saturated carbocycles. The molecule has 17 heavy (non-hydrogen) atoms. The molecule has 1 aromatic rings. The monoisotopic (exact) mass is 235 g/mol. The normalized spacial score (nSPS) is 16.8. The van der Waals surface area contributed by atoms with Crippen molar-refractivity contribution in [2.24, 2.45) is 5.73 Å². The lowest BCUT2D eigenvalue weighted by Gasteiger charge is -2.26. The van der Waals surface area contributed by atoms with E-state index in [1.807, 2.05) is 17.1 Å². The van der Waals surface area contributed by atoms with E-state index in [2.05, 4.69) is 5.43 Å². The summed E-state index contributed by atoms with van der Waals surface area (Å²) in [6, 6.07) is 7.32. The number of hydrogen-bond acceptors (Lipinski definition) is 4. The summed E-state index contributed by atoms with van der Waals surface area (Å²) in [7, 11) is 0. The van der Waals surface area contributed by atoms with Crippen molar-refractivity contribution in [1.82, 2.24) is 10.4 Å². The third-order valence-electron chi connectivity index (χ3n) is 2.72. The highest BCUT2D eigenvalue weighted by atomic mass is 16.5. The number of amides is 1. The molecule has 3 N–H and O–H groups in total. The van der Waals surface area contributed by atoms with Gasteiger partial charge in [0.2, 0.25) is 0 Å². The van der Waals surface area contributed by atoms with Crippen molar-refractivity contribution < 1.29 is 9.53 Å². The Morgan fingerprint density at radius 3 is 2.53 bits per heavy atom. The van der Waals surface area contributed by atoms with Gasteiger partial charge in [0.1, 0.15) is 0 Å². The largest absolute Gasteiger partial charge is 0.379 e. The van der Waals surface area contributed by atoms with Gasteiger partial charge in [-0.1, -0.05) is 12.1 Å². The van der Waals surface area contributed by atoms with Crippen LogP contribution in [0.1, 0.15) is 15.9 Å². The number of carbonyl (C=O) groups is 1. The van der Waals surface area contributed by atoms with E-state index in [-0.39, 0.29) is 5.91 Å². The van der Waals surface area contributed by atoms with E-state index in [1.165, 1.54) is 0 Å². The van der Waals surface area contributed by atoms with Crippen LogP contribution in [-0.2, 0) is 11.3 Å². The Labute approximate surface area is 101 Å². The fourth-order valence-corrected chi connectivity index (χ4v) is 1.68. The summed E-state index contributed by atoms with van der Waals surface area (Å²) in [5, 5.41) is 1.88. The van der Waals surface area contributed by atoms with Gasteiger partial charge in [0.15, 0.2) is 0 Å². The van der Waals surface area contributed by atoms with Crippen LogP contribution in [0.4, 0.5) is 0 Å². The first-order valence-corrected chi connectivity index (χ1v) is 5.72. The zero-order chi connectivity index (χ0) is 12.1. The molecular weight excluding hydrogens is 218 g/mol. The van der Waals surface area contributed by atoms with Crippen LogP contribution in [-0.4, -0.2) is 37.2 Å². The van der Waals surface area contributed by atoms with E-state index in [9.17, 15) is 4.79 Å². The molecule has 0 bridgehead atoms. The Kier molecular flexibility index (Phi) is 4.08. The second kappa shape index (κ2) is 5.77. The topological polar surface area (TPSA) is 67.6 Å². The highest BCUT2D eigenvalue weighted by molar-refractivity contribution is 5.93. The summed E-state index contributed by atoms with van der Waals surface area (Å²) in [6.45, 7) is 3.27. The molecule has 1 amide bonds. The first-order chi connectivity index (χ1) is 8.29. The van der Waals surface area contributed by atoms with E-state index >= 15 is 0 Å². The Bertz CT molecular complexity index is 372. The maximum absolute atomic E-state index is 11.9. The molecule has 5 nitrogen and oxygen atoms in total. The minimum absolute atomic E-state index is 0.0875. The van der Waals surface area contributed by atoms with Crippen LogP contribution in [0, 0.1) is 0 Å². The summed E-state index contributed by atoms with van der Waals surface area (Å²) in [4.78, 5) is 11.9. The van der Waals surface area contributed by atoms with Crippen LogP contribution in [0.3, 0.4) is 0 Å². The zero-order valence-corrected chi connectivity index (χ0v) is 9.69. The Morgan fingerprint density at radius 2 is 1.94 bits per heavy atom. The van der Waals surface area contributed by atoms with Crippen LogP contribution in [0.15, 0.2) is 24.3 Å². The van der Waals surface area contributed by atoms with Crippen molar-refractivity contribution in [3.05, 3.63) is 35.4 Å². The molecule has 0 unspecified atom stereocenters. The van der Waals surface area contributed by atoms with Crippen LogP contribution in [0.5, 0.6) is 0 Å². The summed E-state index contributed by atoms with van der Waals surface area (Å²) in [6.07, 6.45) is 0. The first kappa shape index (κ1) is 12.0. The zero-order valence-electron chi connectivity index (χ0n) is 9.69. The average Bonchev–Trinajstić information content (AvgIpc) is 2.40. The molecule has 0 spiro atoms. The maximum Gasteiger partial charge on any atom is 0.265 e. The maximum atomic E-state index is 11.9. The molecule has 1 aliphatic rings. The van der Waals surface area contributed by atoms with E-state index in [4.69, 9.17) is 10.5 Å². The molecule has 0 aromatic heterocycles. The van der Waals surface area contributed by atoms with Gasteiger partial charge in [-0.05, 0) is 17.7 Å². The highest BCUT2D eigenvalue weighted by Gasteiger charge is 2.13. The van der Waals surface area contributed by atoms with E-state index < -0.39 is 0 Å². The highest BCUT2D eigenvalue weighted by Crippen LogP contribution is 2.04. The molecule has 0 atom stereocenters. The predicted molar refractivity (Wildman–Crippen MR) is 64.2 cm³/mol. The van der Waals surface area contributed by atoms with Crippen molar-refractivity contribution in [1.29, 1.82) is 0 Å². The number of hydrogen-bond donors (Lipinski definition) is 2. The lowest BCUT2D eigenvalue weighted by atomic mass is 10.1. The summed E-state index contributed by atoms with van der Waals surface area (Å²) >= 11 is 0. The first-order valence-electron chi connectivity index (χ1n) is 5.72. The summed E-state index contributed by atoms with van der Waals surface area (Å²) < 4.78 is 5.21. The second-order valence-electron chi connectivity index (χ2n) is 3.94. The lowest BCUT2D eigenvalue weighted by Crippen LogP contribution is -2.48. The fourth-order valence-electron chi connectivity index (χ4n) is 1.68. The second-order valence-corrected chi connectivity index (χ2v) is 3.94. The fraction of sp³-hybridized carbons (Fsp3) is 0.417. The molecule has 1 aromatic carbocycles. The number of nitrogens with zero attached hydrogens (tertiary/aromatic N) is 1. The van der Waals surface area contributed by atoms with Crippen LogP contribution in [0.25, 0.3) is 0 Å². The molecule has 2 rings (SSSR count). The smallest absolute Gasteiger partial charge is 0.265 e. The number of carbonyl (C=O) groups excluding carboxylic acids is 1. The molecule has 5 heteroatoms. The molecular formula is C12H17N3O2. The number of ether oxygens (including phenoxy) is 1. The average molecular weight is 235 g/mol. The minimum atomic E-state index is -0.0875. The standard InChI is InChI=1S/C12H17N3O2/c13-9-10-1-3-11(4-2-10)12(16)14-15-5-7-17-8-6-15/h1-4H,5-9,13H2,(H,14,16). The van der Waals surface area contributed by atoms with Gasteiger partial charge < -0.3 is 10.5 Å². The SMILES string of the molecule is NCc1ccc(C(=O)NN2CCOCC2)cc1. The van der Waals surface area contributed by atoms with Gasteiger partial charge in [-0.3, -0.25) is 10.2 Å². The van der Waals surface area contributed by atoms with Crippen molar-refractivity contribution in [2.45, 2.75) is 6.54 Å². The summed E-state index contributed by atoms with van der Waals surface area (Å²) in [5.74, 6) is -0.0875. The lowest BCUT2D eigenvalue weighted by molar-refractivity contribution is 0.0126. The van der Waals surface area contributed by atoms with Gasteiger partial charge >= 0.3 is 0 Å². The Morgan fingerprint density at radius 1 is 1.29 bits per heavy atom. The van der Waals surface area contributed by atoms with Crippen molar-refractivity contribution >= 4 is 5.91 Å². The predicted octanol–water partition coefficient (Wildman–Crippen LogP) is 0.122. The van der Waals surface area contributed by atoms with Crippen LogP contribution in [0.2, 0.25) is 0 Å². The number of benzene rings is 1. The molecule has 1 saturated heterocycles. The van der Waals surface area contributed by atoms with Crippen molar-refractivity contribution in [2.75, 3.05) is 26.3 Å². The number of morpholine rings is 1. The third-order valence-corrected chi connectivity index (χ3v) is 2.72.